The molecule has 4 aromatic rings. The second-order valence-corrected chi connectivity index (χ2v) is 12.2. The molecule has 3 aliphatic carbocycles. The van der Waals surface area contributed by atoms with Gasteiger partial charge in [0.25, 0.3) is 0 Å². The number of imide groups is 2. The van der Waals surface area contributed by atoms with Crippen molar-refractivity contribution in [3.63, 3.8) is 0 Å². The van der Waals surface area contributed by atoms with Crippen LogP contribution in [0.4, 0.5) is 11.4 Å². The third-order valence-electron chi connectivity index (χ3n) is 9.82. The van der Waals surface area contributed by atoms with E-state index in [0.29, 0.717) is 22.3 Å². The molecule has 0 unspecified atom stereocenters. The molecule has 4 atom stereocenters. The summed E-state index contributed by atoms with van der Waals surface area (Å²) in [5, 5.41) is 0. The zero-order valence-corrected chi connectivity index (χ0v) is 24.4. The van der Waals surface area contributed by atoms with Crippen LogP contribution in [0.15, 0.2) is 121 Å². The molecule has 2 saturated heterocycles. The predicted molar refractivity (Wildman–Crippen MR) is 168 cm³/mol. The lowest BCUT2D eigenvalue weighted by Crippen LogP contribution is -2.50. The van der Waals surface area contributed by atoms with Gasteiger partial charge in [0.2, 0.25) is 23.6 Å². The molecule has 0 aromatic heterocycles. The molecular formula is C38H26N2O6. The van der Waals surface area contributed by atoms with Crippen molar-refractivity contribution in [2.75, 3.05) is 9.80 Å². The summed E-state index contributed by atoms with van der Waals surface area (Å²) < 4.78 is 0. The fourth-order valence-electron chi connectivity index (χ4n) is 7.82. The fraction of sp³-hybridized carbons (Fsp3) is 0.158. The average Bonchev–Trinajstić information content (AvgIpc) is 3.55. The molecule has 46 heavy (non-hydrogen) atoms. The van der Waals surface area contributed by atoms with Crippen molar-refractivity contribution >= 4 is 46.6 Å². The topological polar surface area (TPSA) is 109 Å². The maximum Gasteiger partial charge on any atom is 0.238 e. The van der Waals surface area contributed by atoms with Gasteiger partial charge in [-0.25, -0.2) is 9.80 Å². The molecule has 0 spiro atoms. The summed E-state index contributed by atoms with van der Waals surface area (Å²) in [4.78, 5) is 84.6. The van der Waals surface area contributed by atoms with E-state index in [4.69, 9.17) is 0 Å². The Morgan fingerprint density at radius 2 is 0.739 bits per heavy atom. The molecule has 2 heterocycles. The van der Waals surface area contributed by atoms with Crippen LogP contribution < -0.4 is 9.80 Å². The monoisotopic (exact) mass is 606 g/mol. The van der Waals surface area contributed by atoms with Crippen molar-refractivity contribution in [3.05, 3.63) is 144 Å². The molecule has 1 saturated carbocycles. The van der Waals surface area contributed by atoms with E-state index in [0.717, 1.165) is 9.80 Å². The Kier molecular flexibility index (Phi) is 6.28. The lowest BCUT2D eigenvalue weighted by atomic mass is 9.54. The molecule has 2 aliphatic heterocycles. The fourth-order valence-corrected chi connectivity index (χ4v) is 7.82. The molecule has 8 nitrogen and oxygen atoms in total. The van der Waals surface area contributed by atoms with Gasteiger partial charge in [-0.2, -0.15) is 0 Å². The minimum atomic E-state index is -0.806. The summed E-state index contributed by atoms with van der Waals surface area (Å²) in [7, 11) is 0. The number of rotatable bonds is 6. The molecule has 0 radical (unpaired) electrons. The van der Waals surface area contributed by atoms with Crippen LogP contribution in [-0.2, 0) is 19.2 Å². The SMILES string of the molecule is O=C(c1ccccc1)c1cccc(N2C(=O)[C@@H]3C4C=CC([C@H]3C2=O)[C@H]2C(=O)N(c3cccc(C(=O)c5ccccc5)c3)C(=O)[C@H]42)c1. The van der Waals surface area contributed by atoms with Gasteiger partial charge < -0.3 is 0 Å². The predicted octanol–water partition coefficient (Wildman–Crippen LogP) is 4.88. The number of carbonyl (C=O) groups is 6. The normalized spacial score (nSPS) is 26.0. The first kappa shape index (κ1) is 27.8. The van der Waals surface area contributed by atoms with Gasteiger partial charge in [-0.3, -0.25) is 28.8 Å². The minimum absolute atomic E-state index is 0.235. The summed E-state index contributed by atoms with van der Waals surface area (Å²) in [6, 6.07) is 30.4. The Hall–Kier alpha value is -5.76. The number of anilines is 2. The molecule has 2 bridgehead atoms. The van der Waals surface area contributed by atoms with Crippen molar-refractivity contribution in [2.24, 2.45) is 35.5 Å². The highest BCUT2D eigenvalue weighted by Gasteiger charge is 2.68. The van der Waals surface area contributed by atoms with Gasteiger partial charge in [-0.1, -0.05) is 97.1 Å². The largest absolute Gasteiger partial charge is 0.289 e. The summed E-state index contributed by atoms with van der Waals surface area (Å²) in [5.74, 6) is -6.74. The number of hydrogen-bond donors (Lipinski definition) is 0. The van der Waals surface area contributed by atoms with Crippen LogP contribution in [0.2, 0.25) is 0 Å². The first-order chi connectivity index (χ1) is 22.3. The summed E-state index contributed by atoms with van der Waals surface area (Å²) in [6.45, 7) is 0. The second-order valence-electron chi connectivity index (χ2n) is 12.2. The van der Waals surface area contributed by atoms with Crippen molar-refractivity contribution in [3.8, 4) is 0 Å². The highest BCUT2D eigenvalue weighted by atomic mass is 16.2. The Morgan fingerprint density at radius 3 is 1.09 bits per heavy atom. The maximum absolute atomic E-state index is 14.0. The van der Waals surface area contributed by atoms with Crippen LogP contribution in [0.1, 0.15) is 31.8 Å². The van der Waals surface area contributed by atoms with Gasteiger partial charge in [-0.15, -0.1) is 0 Å². The minimum Gasteiger partial charge on any atom is -0.289 e. The number of amides is 4. The number of hydrogen-bond acceptors (Lipinski definition) is 6. The van der Waals surface area contributed by atoms with E-state index in [9.17, 15) is 28.8 Å². The van der Waals surface area contributed by atoms with Crippen LogP contribution in [-0.4, -0.2) is 35.2 Å². The lowest BCUT2D eigenvalue weighted by molar-refractivity contribution is -0.137. The summed E-state index contributed by atoms with van der Waals surface area (Å²) in [6.07, 6.45) is 3.61. The second kappa shape index (κ2) is 10.4. The number of nitrogens with zero attached hydrogens (tertiary/aromatic N) is 2. The van der Waals surface area contributed by atoms with E-state index in [1.165, 1.54) is 0 Å². The number of ketones is 2. The first-order valence-corrected chi connectivity index (χ1v) is 15.2. The third-order valence-corrected chi connectivity index (χ3v) is 9.82. The van der Waals surface area contributed by atoms with Crippen molar-refractivity contribution < 1.29 is 28.8 Å². The molecule has 5 aliphatic rings. The zero-order valence-electron chi connectivity index (χ0n) is 24.4. The van der Waals surface area contributed by atoms with Crippen molar-refractivity contribution in [1.82, 2.24) is 0 Å². The quantitative estimate of drug-likeness (QED) is 0.176. The molecule has 4 amide bonds. The molecule has 224 valence electrons. The summed E-state index contributed by atoms with van der Waals surface area (Å²) in [5.41, 5.74) is 2.22. The van der Waals surface area contributed by atoms with Gasteiger partial charge in [0.1, 0.15) is 0 Å². The van der Waals surface area contributed by atoms with E-state index in [-0.39, 0.29) is 22.9 Å². The van der Waals surface area contributed by atoms with Gasteiger partial charge in [0, 0.05) is 34.1 Å². The van der Waals surface area contributed by atoms with Crippen LogP contribution in [0, 0.1) is 35.5 Å². The van der Waals surface area contributed by atoms with E-state index < -0.39 is 59.1 Å². The third kappa shape index (κ3) is 3.99. The van der Waals surface area contributed by atoms with Crippen molar-refractivity contribution in [1.29, 1.82) is 0 Å². The van der Waals surface area contributed by atoms with Gasteiger partial charge >= 0.3 is 0 Å². The number of allylic oxidation sites excluding steroid dienone is 2. The van der Waals surface area contributed by atoms with E-state index in [2.05, 4.69) is 0 Å². The molecule has 9 rings (SSSR count). The average molecular weight is 607 g/mol. The smallest absolute Gasteiger partial charge is 0.238 e. The van der Waals surface area contributed by atoms with E-state index >= 15 is 0 Å². The molecule has 4 aromatic carbocycles. The highest BCUT2D eigenvalue weighted by molar-refractivity contribution is 6.27. The van der Waals surface area contributed by atoms with E-state index in [1.54, 1.807) is 109 Å². The Morgan fingerprint density at radius 1 is 0.413 bits per heavy atom. The number of carbonyl (C=O) groups excluding carboxylic acids is 6. The summed E-state index contributed by atoms with van der Waals surface area (Å²) >= 11 is 0. The van der Waals surface area contributed by atoms with Crippen LogP contribution in [0.5, 0.6) is 0 Å². The van der Waals surface area contributed by atoms with Crippen LogP contribution in [0.25, 0.3) is 0 Å². The van der Waals surface area contributed by atoms with Crippen LogP contribution >= 0.6 is 0 Å². The van der Waals surface area contributed by atoms with Crippen molar-refractivity contribution in [2.45, 2.75) is 0 Å². The van der Waals surface area contributed by atoms with Gasteiger partial charge in [0.15, 0.2) is 11.6 Å². The molecule has 8 heteroatoms. The maximum atomic E-state index is 14.0. The van der Waals surface area contributed by atoms with E-state index in [1.807, 2.05) is 12.1 Å². The van der Waals surface area contributed by atoms with Gasteiger partial charge in [-0.05, 0) is 24.3 Å². The zero-order chi connectivity index (χ0) is 31.7. The Labute approximate surface area is 263 Å². The molecular weight excluding hydrogens is 580 g/mol. The highest BCUT2D eigenvalue weighted by Crippen LogP contribution is 2.58. The Balaban J connectivity index is 1.10. The Bertz CT molecular complexity index is 1830. The standard InChI is InChI=1S/C38H26N2O6/c41-33(21-9-3-1-4-10-21)23-13-7-15-25(19-23)39-35(43)29-27-17-18-28(30(29)36(39)44)32-31(27)37(45)40(38(32)46)26-16-8-14-24(20-26)34(42)22-11-5-2-6-12-22/h1-20,27-32H/t27?,28?,29-,30-,31-,32-/m1/s1. The first-order valence-electron chi connectivity index (χ1n) is 15.2. The van der Waals surface area contributed by atoms with Gasteiger partial charge in [0.05, 0.1) is 35.0 Å². The molecule has 0 N–H and O–H groups in total. The number of benzene rings is 4. The lowest BCUT2D eigenvalue weighted by Gasteiger charge is -2.44. The van der Waals surface area contributed by atoms with Crippen LogP contribution in [0.3, 0.4) is 0 Å². The molecule has 3 fully saturated rings.